The van der Waals surface area contributed by atoms with E-state index < -0.39 is 5.92 Å². The van der Waals surface area contributed by atoms with Gasteiger partial charge in [0, 0.05) is 28.8 Å². The highest BCUT2D eigenvalue weighted by atomic mass is 35.5. The summed E-state index contributed by atoms with van der Waals surface area (Å²) in [6.07, 6.45) is 1.12. The van der Waals surface area contributed by atoms with Crippen molar-refractivity contribution in [3.05, 3.63) is 93.4 Å². The van der Waals surface area contributed by atoms with Gasteiger partial charge in [-0.2, -0.15) is 10.4 Å². The van der Waals surface area contributed by atoms with Crippen LogP contribution in [0.4, 0.5) is 5.82 Å². The first-order valence-corrected chi connectivity index (χ1v) is 11.6. The zero-order chi connectivity index (χ0) is 24.0. The lowest BCUT2D eigenvalue weighted by Crippen LogP contribution is -2.40. The number of benzene rings is 2. The van der Waals surface area contributed by atoms with E-state index in [1.807, 2.05) is 61.5 Å². The van der Waals surface area contributed by atoms with Crippen LogP contribution in [0.2, 0.25) is 5.02 Å². The minimum atomic E-state index is -0.480. The summed E-state index contributed by atoms with van der Waals surface area (Å²) >= 11 is 6.03. The number of carbonyl (C=O) groups excluding carboxylic acids is 1. The first-order chi connectivity index (χ1) is 16.4. The molecule has 2 unspecified atom stereocenters. The third kappa shape index (κ3) is 3.68. The number of nitrogens with two attached hydrogens (primary N) is 1. The first kappa shape index (κ1) is 22.0. The molecule has 2 heterocycles. The van der Waals surface area contributed by atoms with Crippen molar-refractivity contribution in [2.24, 2.45) is 11.7 Å². The third-order valence-electron chi connectivity index (χ3n) is 6.53. The lowest BCUT2D eigenvalue weighted by Gasteiger charge is -2.40. The summed E-state index contributed by atoms with van der Waals surface area (Å²) < 4.78 is 0. The van der Waals surface area contributed by atoms with Crippen molar-refractivity contribution in [1.82, 2.24) is 10.2 Å². The fraction of sp³-hybridized carbons (Fsp3) is 0.222. The summed E-state index contributed by atoms with van der Waals surface area (Å²) in [4.78, 5) is 15.2. The van der Waals surface area contributed by atoms with E-state index in [2.05, 4.69) is 23.2 Å². The van der Waals surface area contributed by atoms with Crippen LogP contribution in [0.25, 0.3) is 11.3 Å². The molecule has 0 amide bonds. The van der Waals surface area contributed by atoms with Gasteiger partial charge in [-0.15, -0.1) is 0 Å². The van der Waals surface area contributed by atoms with Crippen LogP contribution in [0, 0.1) is 24.2 Å². The Bertz CT molecular complexity index is 1380. The fourth-order valence-electron chi connectivity index (χ4n) is 4.88. The molecule has 3 N–H and O–H groups in total. The molecule has 170 valence electrons. The molecule has 7 heteroatoms. The maximum atomic E-state index is 13.4. The number of aryl methyl sites for hydroxylation is 1. The van der Waals surface area contributed by atoms with Crippen LogP contribution in [0.15, 0.2) is 77.3 Å². The average Bonchev–Trinajstić information content (AvgIpc) is 3.29. The Balaban J connectivity index is 1.67. The maximum Gasteiger partial charge on any atom is 0.161 e. The number of allylic oxidation sites excluding steroid dienone is 3. The Hall–Kier alpha value is -3.82. The summed E-state index contributed by atoms with van der Waals surface area (Å²) in [7, 11) is 0. The van der Waals surface area contributed by atoms with Gasteiger partial charge in [0.2, 0.25) is 0 Å². The van der Waals surface area contributed by atoms with Crippen LogP contribution in [0.1, 0.15) is 36.8 Å². The van der Waals surface area contributed by atoms with Crippen LogP contribution >= 0.6 is 11.6 Å². The zero-order valence-electron chi connectivity index (χ0n) is 19.0. The normalized spacial score (nSPS) is 20.4. The minimum Gasteiger partial charge on any atom is -0.384 e. The highest BCUT2D eigenvalue weighted by Gasteiger charge is 2.42. The molecule has 2 aromatic carbocycles. The Kier molecular flexibility index (Phi) is 5.51. The van der Waals surface area contributed by atoms with Crippen LogP contribution < -0.4 is 10.6 Å². The minimum absolute atomic E-state index is 0.0537. The molecular formula is C27H24ClN5O. The number of nitriles is 1. The first-order valence-electron chi connectivity index (χ1n) is 11.2. The molecule has 5 rings (SSSR count). The monoisotopic (exact) mass is 469 g/mol. The number of nitrogens with zero attached hydrogens (tertiary/aromatic N) is 3. The molecule has 6 nitrogen and oxygen atoms in total. The van der Waals surface area contributed by atoms with Crippen LogP contribution in [0.5, 0.6) is 0 Å². The second kappa shape index (κ2) is 8.51. The SMILES string of the molecule is Cc1ccc(C2C(C#N)=C(N)N(c3cc(-c4ccc(Cl)cc4)[nH]n3)C3=C2C(=O)CC(C)C3)cc1. The summed E-state index contributed by atoms with van der Waals surface area (Å²) in [5.41, 5.74) is 12.2. The number of halogens is 1. The smallest absolute Gasteiger partial charge is 0.161 e. The van der Waals surface area contributed by atoms with Crippen molar-refractivity contribution in [2.75, 3.05) is 4.90 Å². The predicted octanol–water partition coefficient (Wildman–Crippen LogP) is 5.59. The van der Waals surface area contributed by atoms with E-state index in [9.17, 15) is 10.1 Å². The molecule has 0 spiro atoms. The third-order valence-corrected chi connectivity index (χ3v) is 6.78. The summed E-state index contributed by atoms with van der Waals surface area (Å²) in [6.45, 7) is 4.07. The van der Waals surface area contributed by atoms with E-state index in [4.69, 9.17) is 17.3 Å². The van der Waals surface area contributed by atoms with Crippen LogP contribution in [0.3, 0.4) is 0 Å². The van der Waals surface area contributed by atoms with Gasteiger partial charge in [0.15, 0.2) is 11.6 Å². The molecular weight excluding hydrogens is 446 g/mol. The number of rotatable bonds is 3. The fourth-order valence-corrected chi connectivity index (χ4v) is 5.00. The Morgan fingerprint density at radius 1 is 1.15 bits per heavy atom. The summed E-state index contributed by atoms with van der Waals surface area (Å²) in [5, 5.41) is 18.4. The second-order valence-corrected chi connectivity index (χ2v) is 9.47. The number of H-pyrrole nitrogens is 1. The molecule has 0 saturated carbocycles. The molecule has 1 aromatic heterocycles. The van der Waals surface area contributed by atoms with Crippen LogP contribution in [-0.4, -0.2) is 16.0 Å². The summed E-state index contributed by atoms with van der Waals surface area (Å²) in [5.74, 6) is 0.595. The molecule has 0 radical (unpaired) electrons. The van der Waals surface area contributed by atoms with Crippen molar-refractivity contribution >= 4 is 23.2 Å². The molecule has 0 saturated heterocycles. The van der Waals surface area contributed by atoms with E-state index in [0.29, 0.717) is 40.6 Å². The molecule has 1 aliphatic carbocycles. The van der Waals surface area contributed by atoms with E-state index in [-0.39, 0.29) is 11.7 Å². The van der Waals surface area contributed by atoms with Crippen molar-refractivity contribution in [1.29, 1.82) is 5.26 Å². The van der Waals surface area contributed by atoms with E-state index >= 15 is 0 Å². The molecule has 2 atom stereocenters. The number of nitrogens with one attached hydrogen (secondary N) is 1. The Morgan fingerprint density at radius 3 is 2.53 bits per heavy atom. The highest BCUT2D eigenvalue weighted by Crippen LogP contribution is 2.47. The lowest BCUT2D eigenvalue weighted by molar-refractivity contribution is -0.117. The van der Waals surface area contributed by atoms with Gasteiger partial charge in [-0.3, -0.25) is 14.8 Å². The quantitative estimate of drug-likeness (QED) is 0.521. The zero-order valence-corrected chi connectivity index (χ0v) is 19.7. The van der Waals surface area contributed by atoms with E-state index in [1.165, 1.54) is 0 Å². The molecule has 0 fully saturated rings. The molecule has 3 aromatic rings. The van der Waals surface area contributed by atoms with Gasteiger partial charge in [-0.05, 0) is 42.5 Å². The van der Waals surface area contributed by atoms with Gasteiger partial charge >= 0.3 is 0 Å². The van der Waals surface area contributed by atoms with E-state index in [1.54, 1.807) is 4.90 Å². The number of carbonyl (C=O) groups is 1. The van der Waals surface area contributed by atoms with Crippen molar-refractivity contribution < 1.29 is 4.79 Å². The van der Waals surface area contributed by atoms with E-state index in [0.717, 1.165) is 28.1 Å². The molecule has 1 aliphatic heterocycles. The van der Waals surface area contributed by atoms with Gasteiger partial charge in [-0.25, -0.2) is 0 Å². The maximum absolute atomic E-state index is 13.4. The van der Waals surface area contributed by atoms with Gasteiger partial charge in [0.25, 0.3) is 0 Å². The number of aromatic amines is 1. The largest absolute Gasteiger partial charge is 0.384 e. The van der Waals surface area contributed by atoms with Crippen molar-refractivity contribution in [3.8, 4) is 17.3 Å². The Morgan fingerprint density at radius 2 is 1.85 bits per heavy atom. The topological polar surface area (TPSA) is 98.8 Å². The van der Waals surface area contributed by atoms with Gasteiger partial charge in [0.1, 0.15) is 5.82 Å². The number of anilines is 1. The number of hydrogen-bond donors (Lipinski definition) is 2. The van der Waals surface area contributed by atoms with Gasteiger partial charge < -0.3 is 5.73 Å². The number of aromatic nitrogens is 2. The Labute approximate surface area is 203 Å². The molecule has 34 heavy (non-hydrogen) atoms. The predicted molar refractivity (Wildman–Crippen MR) is 133 cm³/mol. The van der Waals surface area contributed by atoms with Gasteiger partial charge in [-0.1, -0.05) is 60.5 Å². The lowest BCUT2D eigenvalue weighted by atomic mass is 9.73. The van der Waals surface area contributed by atoms with Crippen molar-refractivity contribution in [3.63, 3.8) is 0 Å². The second-order valence-electron chi connectivity index (χ2n) is 9.03. The van der Waals surface area contributed by atoms with Crippen LogP contribution in [-0.2, 0) is 4.79 Å². The number of Topliss-reactive ketones (excluding diaryl/α,β-unsaturated/α-hetero) is 1. The molecule has 0 bridgehead atoms. The van der Waals surface area contributed by atoms with Crippen molar-refractivity contribution in [2.45, 2.75) is 32.6 Å². The highest BCUT2D eigenvalue weighted by molar-refractivity contribution is 6.30. The standard InChI is InChI=1S/C27H24ClN5O/c1-15-3-5-18(6-4-15)25-20(14-29)27(30)33(22-11-16(2)12-23(34)26(22)25)24-13-21(31-32-24)17-7-9-19(28)10-8-17/h3-10,13,16,25H,11-12,30H2,1-2H3,(H,31,32). The summed E-state index contributed by atoms with van der Waals surface area (Å²) in [6, 6.07) is 19.6. The molecule has 2 aliphatic rings. The van der Waals surface area contributed by atoms with Gasteiger partial charge in [0.05, 0.1) is 23.3 Å². The average molecular weight is 470 g/mol. The number of ketones is 1. The number of hydrogen-bond acceptors (Lipinski definition) is 5.